The second-order valence-corrected chi connectivity index (χ2v) is 5.50. The van der Waals surface area contributed by atoms with Gasteiger partial charge in [0.2, 0.25) is 0 Å². The molecule has 1 atom stereocenters. The molecule has 0 saturated carbocycles. The molecule has 0 amide bonds. The van der Waals surface area contributed by atoms with Crippen LogP contribution in [0.1, 0.15) is 32.6 Å². The molecule has 1 aromatic rings. The van der Waals surface area contributed by atoms with Crippen LogP contribution in [0.2, 0.25) is 0 Å². The molecule has 0 spiro atoms. The van der Waals surface area contributed by atoms with Crippen molar-refractivity contribution in [3.8, 4) is 0 Å². The van der Waals surface area contributed by atoms with Gasteiger partial charge in [-0.1, -0.05) is 20.8 Å². The molecule has 3 nitrogen and oxygen atoms in total. The average Bonchev–Trinajstić information content (AvgIpc) is 2.59. The minimum absolute atomic E-state index is 0.363. The quantitative estimate of drug-likeness (QED) is 0.808. The first-order valence-electron chi connectivity index (χ1n) is 5.47. The number of thioether (sulfide) groups is 1. The van der Waals surface area contributed by atoms with E-state index in [1.807, 2.05) is 31.2 Å². The zero-order valence-corrected chi connectivity index (χ0v) is 10.8. The van der Waals surface area contributed by atoms with Gasteiger partial charge in [-0.15, -0.1) is 0 Å². The molecule has 0 radical (unpaired) electrons. The highest BCUT2D eigenvalue weighted by Crippen LogP contribution is 2.19. The first-order valence-corrected chi connectivity index (χ1v) is 6.52. The number of aryl methyl sites for hydroxylation is 1. The number of aromatic nitrogens is 2. The third-order valence-electron chi connectivity index (χ3n) is 2.22. The second-order valence-electron chi connectivity index (χ2n) is 3.89. The lowest BCUT2D eigenvalue weighted by Gasteiger charge is -2.18. The van der Waals surface area contributed by atoms with Gasteiger partial charge in [0.05, 0.1) is 6.04 Å². The average molecular weight is 227 g/mol. The molecule has 1 heterocycles. The molecular weight excluding hydrogens is 206 g/mol. The number of nitrogens with one attached hydrogen (secondary N) is 1. The summed E-state index contributed by atoms with van der Waals surface area (Å²) >= 11 is 1.97. The van der Waals surface area contributed by atoms with Crippen LogP contribution >= 0.6 is 11.8 Å². The minimum Gasteiger partial charge on any atom is -0.337 e. The van der Waals surface area contributed by atoms with E-state index in [0.717, 1.165) is 18.1 Å². The van der Waals surface area contributed by atoms with Gasteiger partial charge in [-0.3, -0.25) is 0 Å². The van der Waals surface area contributed by atoms with Gasteiger partial charge in [0.1, 0.15) is 5.82 Å². The standard InChI is InChI=1S/C11H21N3S/c1-5-12-10(8-15-9(2)3)11-13-6-7-14(11)4/h6-7,9-10,12H,5,8H2,1-4H3. The highest BCUT2D eigenvalue weighted by atomic mass is 32.2. The molecule has 1 unspecified atom stereocenters. The lowest BCUT2D eigenvalue weighted by molar-refractivity contribution is 0.554. The van der Waals surface area contributed by atoms with Crippen LogP contribution < -0.4 is 5.32 Å². The number of hydrogen-bond donors (Lipinski definition) is 1. The molecule has 86 valence electrons. The molecule has 0 aliphatic heterocycles. The maximum absolute atomic E-state index is 4.40. The Morgan fingerprint density at radius 2 is 2.27 bits per heavy atom. The molecule has 0 bridgehead atoms. The Morgan fingerprint density at radius 3 is 2.73 bits per heavy atom. The second kappa shape index (κ2) is 6.18. The van der Waals surface area contributed by atoms with Gasteiger partial charge < -0.3 is 9.88 Å². The van der Waals surface area contributed by atoms with Crippen LogP contribution in [-0.4, -0.2) is 27.1 Å². The third kappa shape index (κ3) is 3.87. The molecule has 15 heavy (non-hydrogen) atoms. The van der Waals surface area contributed by atoms with Crippen LogP contribution in [0.5, 0.6) is 0 Å². The highest BCUT2D eigenvalue weighted by molar-refractivity contribution is 7.99. The molecular formula is C11H21N3S. The van der Waals surface area contributed by atoms with E-state index < -0.39 is 0 Å². The van der Waals surface area contributed by atoms with Crippen molar-refractivity contribution in [3.63, 3.8) is 0 Å². The molecule has 1 N–H and O–H groups in total. The van der Waals surface area contributed by atoms with Crippen molar-refractivity contribution in [3.05, 3.63) is 18.2 Å². The fourth-order valence-electron chi connectivity index (χ4n) is 1.47. The number of rotatable bonds is 6. The lowest BCUT2D eigenvalue weighted by atomic mass is 10.3. The first-order chi connectivity index (χ1) is 7.15. The molecule has 0 saturated heterocycles. The van der Waals surface area contributed by atoms with Crippen molar-refractivity contribution in [2.75, 3.05) is 12.3 Å². The largest absolute Gasteiger partial charge is 0.337 e. The van der Waals surface area contributed by atoms with E-state index in [1.165, 1.54) is 0 Å². The van der Waals surface area contributed by atoms with Crippen molar-refractivity contribution >= 4 is 11.8 Å². The Labute approximate surface area is 96.7 Å². The SMILES string of the molecule is CCNC(CSC(C)C)c1nccn1C. The molecule has 0 aliphatic rings. The van der Waals surface area contributed by atoms with E-state index in [1.54, 1.807) is 0 Å². The molecule has 0 aromatic carbocycles. The van der Waals surface area contributed by atoms with Gasteiger partial charge >= 0.3 is 0 Å². The Hall–Kier alpha value is -0.480. The highest BCUT2D eigenvalue weighted by Gasteiger charge is 2.15. The normalized spacial score (nSPS) is 13.4. The summed E-state index contributed by atoms with van der Waals surface area (Å²) in [6.07, 6.45) is 3.86. The summed E-state index contributed by atoms with van der Waals surface area (Å²) in [5, 5.41) is 4.15. The van der Waals surface area contributed by atoms with E-state index in [4.69, 9.17) is 0 Å². The van der Waals surface area contributed by atoms with Gasteiger partial charge in [-0.25, -0.2) is 4.98 Å². The topological polar surface area (TPSA) is 29.9 Å². The minimum atomic E-state index is 0.363. The smallest absolute Gasteiger partial charge is 0.126 e. The van der Waals surface area contributed by atoms with Gasteiger partial charge in [0.15, 0.2) is 0 Å². The van der Waals surface area contributed by atoms with Crippen LogP contribution in [0.4, 0.5) is 0 Å². The Balaban J connectivity index is 2.61. The Morgan fingerprint density at radius 1 is 1.53 bits per heavy atom. The molecule has 4 heteroatoms. The van der Waals surface area contributed by atoms with E-state index in [2.05, 4.69) is 35.6 Å². The lowest BCUT2D eigenvalue weighted by Crippen LogP contribution is -2.26. The summed E-state index contributed by atoms with van der Waals surface area (Å²) in [4.78, 5) is 4.40. The Bertz CT molecular complexity index is 283. The summed E-state index contributed by atoms with van der Waals surface area (Å²) in [6.45, 7) is 7.57. The van der Waals surface area contributed by atoms with Crippen molar-refractivity contribution in [2.45, 2.75) is 32.1 Å². The molecule has 1 aromatic heterocycles. The number of nitrogens with zero attached hydrogens (tertiary/aromatic N) is 2. The maximum atomic E-state index is 4.40. The fourth-order valence-corrected chi connectivity index (χ4v) is 2.32. The van der Waals surface area contributed by atoms with Crippen LogP contribution in [0.3, 0.4) is 0 Å². The maximum Gasteiger partial charge on any atom is 0.126 e. The fraction of sp³-hybridized carbons (Fsp3) is 0.727. The van der Waals surface area contributed by atoms with E-state index >= 15 is 0 Å². The van der Waals surface area contributed by atoms with Gasteiger partial charge in [0.25, 0.3) is 0 Å². The van der Waals surface area contributed by atoms with Crippen molar-refractivity contribution in [1.29, 1.82) is 0 Å². The predicted molar refractivity (Wildman–Crippen MR) is 67.2 cm³/mol. The molecule has 0 aliphatic carbocycles. The van der Waals surface area contributed by atoms with E-state index in [0.29, 0.717) is 11.3 Å². The van der Waals surface area contributed by atoms with Crippen LogP contribution in [-0.2, 0) is 7.05 Å². The molecule has 1 rings (SSSR count). The molecule has 0 fully saturated rings. The summed E-state index contributed by atoms with van der Waals surface area (Å²) in [7, 11) is 2.05. The summed E-state index contributed by atoms with van der Waals surface area (Å²) < 4.78 is 2.09. The van der Waals surface area contributed by atoms with Gasteiger partial charge in [-0.2, -0.15) is 11.8 Å². The monoisotopic (exact) mass is 227 g/mol. The summed E-state index contributed by atoms with van der Waals surface area (Å²) in [5.74, 6) is 2.21. The van der Waals surface area contributed by atoms with Gasteiger partial charge in [0, 0.05) is 25.2 Å². The van der Waals surface area contributed by atoms with Gasteiger partial charge in [-0.05, 0) is 11.8 Å². The van der Waals surface area contributed by atoms with Crippen LogP contribution in [0.15, 0.2) is 12.4 Å². The first kappa shape index (κ1) is 12.6. The summed E-state index contributed by atoms with van der Waals surface area (Å²) in [5.41, 5.74) is 0. The van der Waals surface area contributed by atoms with Crippen LogP contribution in [0, 0.1) is 0 Å². The number of imidazole rings is 1. The van der Waals surface area contributed by atoms with Crippen LogP contribution in [0.25, 0.3) is 0 Å². The number of hydrogen-bond acceptors (Lipinski definition) is 3. The van der Waals surface area contributed by atoms with Crippen molar-refractivity contribution in [1.82, 2.24) is 14.9 Å². The van der Waals surface area contributed by atoms with E-state index in [-0.39, 0.29) is 0 Å². The zero-order chi connectivity index (χ0) is 11.3. The van der Waals surface area contributed by atoms with E-state index in [9.17, 15) is 0 Å². The zero-order valence-electron chi connectivity index (χ0n) is 10.0. The summed E-state index contributed by atoms with van der Waals surface area (Å²) in [6, 6.07) is 0.363. The third-order valence-corrected chi connectivity index (χ3v) is 3.41. The predicted octanol–water partition coefficient (Wildman–Crippen LogP) is 2.21. The Kier molecular flexibility index (Phi) is 5.19. The van der Waals surface area contributed by atoms with Crippen molar-refractivity contribution in [2.24, 2.45) is 7.05 Å². The van der Waals surface area contributed by atoms with Crippen molar-refractivity contribution < 1.29 is 0 Å².